The van der Waals surface area contributed by atoms with Gasteiger partial charge in [-0.25, -0.2) is 8.78 Å². The maximum absolute atomic E-state index is 14.3. The first-order chi connectivity index (χ1) is 17.1. The van der Waals surface area contributed by atoms with E-state index in [1.165, 1.54) is 42.5 Å². The third-order valence-electron chi connectivity index (χ3n) is 5.26. The van der Waals surface area contributed by atoms with Gasteiger partial charge in [-0.1, -0.05) is 12.1 Å². The molecule has 0 radical (unpaired) electrons. The van der Waals surface area contributed by atoms with Gasteiger partial charge in [0.2, 0.25) is 0 Å². The molecule has 4 aromatic rings. The largest absolute Gasteiger partial charge is 0.508 e. The van der Waals surface area contributed by atoms with Gasteiger partial charge >= 0.3 is 6.18 Å². The molecule has 10 heteroatoms. The van der Waals surface area contributed by atoms with Gasteiger partial charge in [0.1, 0.15) is 40.5 Å². The molecule has 0 aliphatic heterocycles. The molecule has 0 atom stereocenters. The zero-order valence-corrected chi connectivity index (χ0v) is 18.2. The maximum atomic E-state index is 14.3. The second-order valence-electron chi connectivity index (χ2n) is 7.68. The number of nitriles is 1. The Balaban J connectivity index is 1.83. The van der Waals surface area contributed by atoms with Gasteiger partial charge in [0, 0.05) is 17.7 Å². The van der Waals surface area contributed by atoms with Crippen LogP contribution in [-0.2, 0) is 12.7 Å². The van der Waals surface area contributed by atoms with Gasteiger partial charge in [-0.05, 0) is 54.1 Å². The Morgan fingerprint density at radius 1 is 0.944 bits per heavy atom. The summed E-state index contributed by atoms with van der Waals surface area (Å²) in [4.78, 5) is 13.0. The summed E-state index contributed by atoms with van der Waals surface area (Å²) in [7, 11) is 0. The smallest absolute Gasteiger partial charge is 0.417 e. The number of phenolic OH excluding ortho intramolecular Hbond substituents is 1. The third kappa shape index (κ3) is 5.05. The lowest BCUT2D eigenvalue weighted by Crippen LogP contribution is -2.29. The quantitative estimate of drug-likeness (QED) is 0.331. The molecule has 3 aromatic carbocycles. The fraction of sp³-hybridized carbons (Fsp3) is 0.0769. The van der Waals surface area contributed by atoms with Crippen molar-refractivity contribution in [2.75, 3.05) is 0 Å². The molecule has 5 nitrogen and oxygen atoms in total. The van der Waals surface area contributed by atoms with Gasteiger partial charge in [-0.15, -0.1) is 0 Å². The van der Waals surface area contributed by atoms with Gasteiger partial charge < -0.3 is 14.4 Å². The summed E-state index contributed by atoms with van der Waals surface area (Å²) in [5.41, 5.74) is -4.09. The van der Waals surface area contributed by atoms with Gasteiger partial charge in [-0.2, -0.15) is 18.4 Å². The average molecular weight is 498 g/mol. The lowest BCUT2D eigenvalue weighted by molar-refractivity contribution is -0.137. The van der Waals surface area contributed by atoms with Crippen LogP contribution >= 0.6 is 0 Å². The van der Waals surface area contributed by atoms with Crippen molar-refractivity contribution in [1.82, 2.24) is 4.57 Å². The van der Waals surface area contributed by atoms with Crippen LogP contribution < -0.4 is 10.3 Å². The Bertz CT molecular complexity index is 1540. The molecule has 0 spiro atoms. The van der Waals surface area contributed by atoms with Gasteiger partial charge in [0.25, 0.3) is 5.56 Å². The summed E-state index contributed by atoms with van der Waals surface area (Å²) in [6, 6.07) is 16.1. The van der Waals surface area contributed by atoms with Crippen molar-refractivity contribution < 1.29 is 31.8 Å². The molecule has 1 aromatic heterocycles. The van der Waals surface area contributed by atoms with E-state index >= 15 is 0 Å². The highest BCUT2D eigenvalue weighted by Gasteiger charge is 2.36. The summed E-state index contributed by atoms with van der Waals surface area (Å²) in [5, 5.41) is 18.8. The van der Waals surface area contributed by atoms with E-state index in [1.54, 1.807) is 12.1 Å². The fourth-order valence-corrected chi connectivity index (χ4v) is 3.57. The van der Waals surface area contributed by atoms with Crippen LogP contribution in [0.25, 0.3) is 11.3 Å². The van der Waals surface area contributed by atoms with E-state index in [0.717, 1.165) is 16.7 Å². The summed E-state index contributed by atoms with van der Waals surface area (Å²) in [5.74, 6) is -1.30. The molecular formula is C26H15F5N2O3. The second-order valence-corrected chi connectivity index (χ2v) is 7.68. The number of aromatic hydroxyl groups is 1. The first-order valence-electron chi connectivity index (χ1n) is 10.3. The van der Waals surface area contributed by atoms with E-state index in [4.69, 9.17) is 4.74 Å². The van der Waals surface area contributed by atoms with Gasteiger partial charge in [0.05, 0.1) is 17.8 Å². The van der Waals surface area contributed by atoms with Crippen molar-refractivity contribution in [2.45, 2.75) is 12.7 Å². The average Bonchev–Trinajstić information content (AvgIpc) is 2.81. The van der Waals surface area contributed by atoms with Crippen LogP contribution in [0.5, 0.6) is 17.2 Å². The predicted octanol–water partition coefficient (Wildman–Crippen LogP) is 6.23. The molecular weight excluding hydrogens is 483 g/mol. The van der Waals surface area contributed by atoms with E-state index in [2.05, 4.69) is 0 Å². The molecule has 0 saturated heterocycles. The summed E-state index contributed by atoms with van der Waals surface area (Å²) >= 11 is 0. The van der Waals surface area contributed by atoms with Gasteiger partial charge in [0.15, 0.2) is 0 Å². The number of benzene rings is 3. The van der Waals surface area contributed by atoms with Crippen molar-refractivity contribution >= 4 is 0 Å². The molecule has 0 aliphatic carbocycles. The Kier molecular flexibility index (Phi) is 6.49. The molecule has 0 aliphatic rings. The minimum atomic E-state index is -5.00. The van der Waals surface area contributed by atoms with Crippen LogP contribution in [0, 0.1) is 23.0 Å². The number of alkyl halides is 3. The van der Waals surface area contributed by atoms with Crippen molar-refractivity contribution in [3.8, 4) is 34.6 Å². The molecule has 0 fully saturated rings. The van der Waals surface area contributed by atoms with Crippen molar-refractivity contribution in [2.24, 2.45) is 0 Å². The lowest BCUT2D eigenvalue weighted by Gasteiger charge is -2.18. The number of phenols is 1. The van der Waals surface area contributed by atoms with E-state index in [1.807, 2.05) is 0 Å². The van der Waals surface area contributed by atoms with E-state index in [-0.39, 0.29) is 28.3 Å². The fourth-order valence-electron chi connectivity index (χ4n) is 3.57. The highest BCUT2D eigenvalue weighted by Crippen LogP contribution is 2.34. The lowest BCUT2D eigenvalue weighted by atomic mass is 10.0. The third-order valence-corrected chi connectivity index (χ3v) is 5.26. The van der Waals surface area contributed by atoms with Crippen LogP contribution in [0.4, 0.5) is 22.0 Å². The highest BCUT2D eigenvalue weighted by molar-refractivity contribution is 5.64. The molecule has 182 valence electrons. The Labute approximate surface area is 200 Å². The molecule has 4 rings (SSSR count). The molecule has 36 heavy (non-hydrogen) atoms. The number of hydrogen-bond donors (Lipinski definition) is 1. The van der Waals surface area contributed by atoms with Crippen LogP contribution in [-0.4, -0.2) is 9.67 Å². The molecule has 0 bridgehead atoms. The predicted molar refractivity (Wildman–Crippen MR) is 119 cm³/mol. The monoisotopic (exact) mass is 498 g/mol. The first-order valence-corrected chi connectivity index (χ1v) is 10.3. The normalized spacial score (nSPS) is 11.2. The molecule has 1 N–H and O–H groups in total. The topological polar surface area (TPSA) is 75.2 Å². The Morgan fingerprint density at radius 2 is 1.67 bits per heavy atom. The molecule has 0 unspecified atom stereocenters. The number of halogens is 5. The maximum Gasteiger partial charge on any atom is 0.417 e. The SMILES string of the molecule is N#Cc1c(C(F)(F)F)cc(-c2ccc(Oc3cccc(O)c3)cc2)n(Cc2ccc(F)cc2F)c1=O. The van der Waals surface area contributed by atoms with E-state index < -0.39 is 41.0 Å². The van der Waals surface area contributed by atoms with Crippen molar-refractivity contribution in [1.29, 1.82) is 5.26 Å². The van der Waals surface area contributed by atoms with Crippen LogP contribution in [0.3, 0.4) is 0 Å². The van der Waals surface area contributed by atoms with Crippen LogP contribution in [0.1, 0.15) is 16.7 Å². The Hall–Kier alpha value is -4.65. The number of rotatable bonds is 5. The van der Waals surface area contributed by atoms with E-state index in [0.29, 0.717) is 17.9 Å². The standard InChI is InChI=1S/C26H15F5N2O3/c27-17-7-4-16(23(28)10-17)14-33-24(12-22(26(29,30)31)21(13-32)25(33)35)15-5-8-19(9-6-15)36-20-3-1-2-18(34)11-20/h1-12,34H,14H2. The number of pyridine rings is 1. The molecule has 0 amide bonds. The number of ether oxygens (including phenoxy) is 1. The summed E-state index contributed by atoms with van der Waals surface area (Å²) < 4.78 is 75.1. The first kappa shape index (κ1) is 24.5. The molecule has 1 heterocycles. The Morgan fingerprint density at radius 3 is 2.28 bits per heavy atom. The van der Waals surface area contributed by atoms with Crippen molar-refractivity contribution in [3.63, 3.8) is 0 Å². The van der Waals surface area contributed by atoms with Gasteiger partial charge in [-0.3, -0.25) is 4.79 Å². The minimum Gasteiger partial charge on any atom is -0.508 e. The van der Waals surface area contributed by atoms with Crippen LogP contribution in [0.15, 0.2) is 77.6 Å². The number of hydrogen-bond acceptors (Lipinski definition) is 4. The van der Waals surface area contributed by atoms with Crippen molar-refractivity contribution in [3.05, 3.63) is 111 Å². The molecule has 0 saturated carbocycles. The highest BCUT2D eigenvalue weighted by atomic mass is 19.4. The second kappa shape index (κ2) is 9.54. The van der Waals surface area contributed by atoms with E-state index in [9.17, 15) is 37.1 Å². The summed E-state index contributed by atoms with van der Waals surface area (Å²) in [6.45, 7) is -0.547. The summed E-state index contributed by atoms with van der Waals surface area (Å²) in [6.07, 6.45) is -5.00. The zero-order chi connectivity index (χ0) is 26.0. The van der Waals surface area contributed by atoms with Crippen LogP contribution in [0.2, 0.25) is 0 Å². The minimum absolute atomic E-state index is 0.0292. The number of nitrogens with zero attached hydrogens (tertiary/aromatic N) is 2. The zero-order valence-electron chi connectivity index (χ0n) is 18.2. The number of aromatic nitrogens is 1.